The number of benzene rings is 2. The Kier molecular flexibility index (Phi) is 6.57. The molecule has 4 aromatic rings. The number of rotatable bonds is 6. The number of aliphatic hydroxyl groups excluding tert-OH is 1. The Balaban J connectivity index is 1.21. The van der Waals surface area contributed by atoms with Crippen LogP contribution in [0.2, 0.25) is 0 Å². The number of aromatic amines is 1. The van der Waals surface area contributed by atoms with Crippen molar-refractivity contribution < 1.29 is 9.84 Å². The van der Waals surface area contributed by atoms with Crippen molar-refractivity contribution in [3.8, 4) is 5.75 Å². The largest absolute Gasteiger partial charge is 0.495 e. The first-order valence-corrected chi connectivity index (χ1v) is 12.9. The van der Waals surface area contributed by atoms with Crippen molar-refractivity contribution >= 4 is 28.1 Å². The van der Waals surface area contributed by atoms with Gasteiger partial charge in [0.2, 0.25) is 0 Å². The van der Waals surface area contributed by atoms with E-state index < -0.39 is 0 Å². The molecule has 1 saturated heterocycles. The summed E-state index contributed by atoms with van der Waals surface area (Å²) in [5.74, 6) is 1.22. The molecule has 2 aliphatic heterocycles. The van der Waals surface area contributed by atoms with Gasteiger partial charge < -0.3 is 30.4 Å². The van der Waals surface area contributed by atoms with Crippen LogP contribution in [0, 0.1) is 0 Å². The summed E-state index contributed by atoms with van der Waals surface area (Å²) >= 11 is 0. The number of aromatic nitrogens is 3. The van der Waals surface area contributed by atoms with Gasteiger partial charge in [-0.05, 0) is 36.6 Å². The topological polar surface area (TPSA) is 127 Å². The lowest BCUT2D eigenvalue weighted by atomic mass is 10.1. The maximum atomic E-state index is 12.7. The van der Waals surface area contributed by atoms with Gasteiger partial charge in [-0.3, -0.25) is 10.1 Å². The third kappa shape index (κ3) is 4.88. The molecule has 0 bridgehead atoms. The van der Waals surface area contributed by atoms with Crippen LogP contribution in [0.3, 0.4) is 0 Å². The summed E-state index contributed by atoms with van der Waals surface area (Å²) in [7, 11) is 1.65. The van der Waals surface area contributed by atoms with Crippen molar-refractivity contribution in [2.45, 2.75) is 38.2 Å². The van der Waals surface area contributed by atoms with Gasteiger partial charge in [-0.1, -0.05) is 18.2 Å². The monoisotopic (exact) mass is 513 g/mol. The van der Waals surface area contributed by atoms with Crippen LogP contribution < -0.4 is 31.1 Å². The zero-order valence-electron chi connectivity index (χ0n) is 21.2. The maximum absolute atomic E-state index is 12.7. The van der Waals surface area contributed by atoms with Gasteiger partial charge in [0.25, 0.3) is 5.56 Å². The number of ether oxygens (including phenoxy) is 1. The zero-order chi connectivity index (χ0) is 26.1. The fourth-order valence-corrected chi connectivity index (χ4v) is 5.14. The van der Waals surface area contributed by atoms with Crippen LogP contribution in [0.4, 0.5) is 17.2 Å². The van der Waals surface area contributed by atoms with E-state index in [0.717, 1.165) is 53.8 Å². The van der Waals surface area contributed by atoms with Gasteiger partial charge >= 0.3 is 0 Å². The van der Waals surface area contributed by atoms with Crippen molar-refractivity contribution in [1.29, 1.82) is 0 Å². The van der Waals surface area contributed by atoms with Crippen LogP contribution >= 0.6 is 0 Å². The number of fused-ring (bicyclic) bond motifs is 2. The van der Waals surface area contributed by atoms with E-state index in [2.05, 4.69) is 43.0 Å². The summed E-state index contributed by atoms with van der Waals surface area (Å²) in [6.07, 6.45) is 5.03. The van der Waals surface area contributed by atoms with E-state index in [9.17, 15) is 9.90 Å². The molecular weight excluding hydrogens is 482 g/mol. The minimum absolute atomic E-state index is 0.219. The Labute approximate surface area is 220 Å². The Morgan fingerprint density at radius 2 is 2.03 bits per heavy atom. The average molecular weight is 514 g/mol. The standard InChI is InChI=1S/C28H31N7O3/c1-38-25-13-19(35-10-8-20(36)9-11-35)6-7-24(25)33-28-31-16-22-26(34-28)32-18(15-30-27(22)37)12-17-14-29-23-5-3-2-4-21(17)23/h2-7,13-15,20,28-29,31,33-34,36H,8-12,16H2,1H3. The first-order valence-electron chi connectivity index (χ1n) is 12.9. The summed E-state index contributed by atoms with van der Waals surface area (Å²) in [5, 5.41) is 21.0. The number of aliphatic hydroxyl groups is 1. The molecule has 0 saturated carbocycles. The minimum Gasteiger partial charge on any atom is -0.495 e. The fraction of sp³-hybridized carbons (Fsp3) is 0.321. The van der Waals surface area contributed by atoms with E-state index in [-0.39, 0.29) is 18.0 Å². The second-order valence-corrected chi connectivity index (χ2v) is 9.74. The van der Waals surface area contributed by atoms with Gasteiger partial charge in [0.1, 0.15) is 11.6 Å². The van der Waals surface area contributed by atoms with Crippen LogP contribution in [0.1, 0.15) is 29.7 Å². The van der Waals surface area contributed by atoms with Gasteiger partial charge in [-0.15, -0.1) is 0 Å². The molecule has 0 radical (unpaired) electrons. The number of para-hydroxylation sites is 1. The molecule has 1 fully saturated rings. The third-order valence-corrected chi connectivity index (χ3v) is 7.26. The van der Waals surface area contributed by atoms with Crippen molar-refractivity contribution in [1.82, 2.24) is 20.3 Å². The highest BCUT2D eigenvalue weighted by molar-refractivity contribution is 5.83. The highest BCUT2D eigenvalue weighted by Gasteiger charge is 2.23. The molecule has 1 atom stereocenters. The van der Waals surface area contributed by atoms with Gasteiger partial charge in [-0.25, -0.2) is 9.97 Å². The number of nitrogens with one attached hydrogen (secondary N) is 4. The molecular formula is C28H31N7O3. The molecule has 5 N–H and O–H groups in total. The number of hydrogen-bond donors (Lipinski definition) is 5. The summed E-state index contributed by atoms with van der Waals surface area (Å²) in [4.78, 5) is 27.2. The normalized spacial score (nSPS) is 17.6. The number of hydrogen-bond acceptors (Lipinski definition) is 9. The summed E-state index contributed by atoms with van der Waals surface area (Å²) in [5.41, 5.74) is 4.93. The predicted molar refractivity (Wildman–Crippen MR) is 148 cm³/mol. The van der Waals surface area contributed by atoms with E-state index in [4.69, 9.17) is 9.72 Å². The van der Waals surface area contributed by atoms with E-state index in [1.165, 1.54) is 0 Å². The summed E-state index contributed by atoms with van der Waals surface area (Å²) in [6, 6.07) is 14.2. The molecule has 1 unspecified atom stereocenters. The van der Waals surface area contributed by atoms with Crippen LogP contribution in [-0.4, -0.2) is 52.7 Å². The van der Waals surface area contributed by atoms with Gasteiger partial charge in [0.15, 0.2) is 6.29 Å². The summed E-state index contributed by atoms with van der Waals surface area (Å²) in [6.45, 7) is 1.96. The van der Waals surface area contributed by atoms with Gasteiger partial charge in [-0.2, -0.15) is 0 Å². The van der Waals surface area contributed by atoms with Crippen molar-refractivity contribution in [3.63, 3.8) is 0 Å². The fourth-order valence-electron chi connectivity index (χ4n) is 5.14. The molecule has 2 aromatic carbocycles. The SMILES string of the molecule is COc1cc(N2CCC(O)CC2)ccc1NC1NCc2c(nc(Cc3c[nH]c4ccccc34)cnc2=O)N1. The van der Waals surface area contributed by atoms with E-state index >= 15 is 0 Å². The number of anilines is 3. The lowest BCUT2D eigenvalue weighted by molar-refractivity contribution is 0.145. The summed E-state index contributed by atoms with van der Waals surface area (Å²) < 4.78 is 5.68. The van der Waals surface area contributed by atoms with Crippen molar-refractivity contribution in [2.75, 3.05) is 35.7 Å². The second kappa shape index (κ2) is 10.3. The number of methoxy groups -OCH3 is 1. The van der Waals surface area contributed by atoms with E-state index in [1.807, 2.05) is 36.5 Å². The second-order valence-electron chi connectivity index (χ2n) is 9.74. The number of H-pyrrole nitrogens is 1. The van der Waals surface area contributed by atoms with Crippen molar-refractivity contribution in [2.24, 2.45) is 0 Å². The highest BCUT2D eigenvalue weighted by Crippen LogP contribution is 2.32. The van der Waals surface area contributed by atoms with E-state index in [1.54, 1.807) is 13.3 Å². The molecule has 2 aliphatic rings. The molecule has 10 nitrogen and oxygen atoms in total. The first kappa shape index (κ1) is 24.2. The molecule has 0 spiro atoms. The van der Waals surface area contributed by atoms with Gasteiger partial charge in [0, 0.05) is 54.9 Å². The number of piperidine rings is 1. The van der Waals surface area contributed by atoms with E-state index in [0.29, 0.717) is 35.8 Å². The Bertz CT molecular complexity index is 1510. The maximum Gasteiger partial charge on any atom is 0.277 e. The minimum atomic E-state index is -0.373. The molecule has 10 heteroatoms. The van der Waals surface area contributed by atoms with Crippen LogP contribution in [0.5, 0.6) is 5.75 Å². The number of nitrogens with zero attached hydrogens (tertiary/aromatic N) is 3. The Morgan fingerprint density at radius 3 is 2.87 bits per heavy atom. The third-order valence-electron chi connectivity index (χ3n) is 7.26. The van der Waals surface area contributed by atoms with Crippen LogP contribution in [0.25, 0.3) is 10.9 Å². The lowest BCUT2D eigenvalue weighted by Gasteiger charge is -2.32. The molecule has 0 aliphatic carbocycles. The Hall–Kier alpha value is -4.15. The quantitative estimate of drug-likeness (QED) is 0.264. The van der Waals surface area contributed by atoms with Gasteiger partial charge in [0.05, 0.1) is 36.4 Å². The average Bonchev–Trinajstić information content (AvgIpc) is 3.27. The van der Waals surface area contributed by atoms with Crippen LogP contribution in [-0.2, 0) is 13.0 Å². The molecule has 6 rings (SSSR count). The smallest absolute Gasteiger partial charge is 0.277 e. The lowest BCUT2D eigenvalue weighted by Crippen LogP contribution is -2.47. The molecule has 4 heterocycles. The predicted octanol–water partition coefficient (Wildman–Crippen LogP) is 2.79. The molecule has 196 valence electrons. The Morgan fingerprint density at radius 1 is 1.18 bits per heavy atom. The molecule has 38 heavy (non-hydrogen) atoms. The highest BCUT2D eigenvalue weighted by atomic mass is 16.5. The van der Waals surface area contributed by atoms with Crippen LogP contribution in [0.15, 0.2) is 59.7 Å². The van der Waals surface area contributed by atoms with Crippen molar-refractivity contribution in [3.05, 3.63) is 82.0 Å². The first-order chi connectivity index (χ1) is 18.6. The zero-order valence-corrected chi connectivity index (χ0v) is 21.2. The molecule has 2 aromatic heterocycles. The molecule has 0 amide bonds.